The van der Waals surface area contributed by atoms with Gasteiger partial charge in [-0.2, -0.15) is 0 Å². The number of carbonyl (C=O) groups is 2. The van der Waals surface area contributed by atoms with E-state index in [2.05, 4.69) is 39.1 Å². The van der Waals surface area contributed by atoms with Gasteiger partial charge in [0, 0.05) is 32.5 Å². The number of allylic oxidation sites excluding steroid dienone is 1. The fourth-order valence-electron chi connectivity index (χ4n) is 10.6. The lowest BCUT2D eigenvalue weighted by Crippen LogP contribution is -2.50. The van der Waals surface area contributed by atoms with Gasteiger partial charge in [-0.05, 0) is 92.3 Å². The summed E-state index contributed by atoms with van der Waals surface area (Å²) in [6, 6.07) is 0. The van der Waals surface area contributed by atoms with E-state index in [0.717, 1.165) is 49.4 Å². The molecule has 4 fully saturated rings. The number of amides is 2. The van der Waals surface area contributed by atoms with Gasteiger partial charge >= 0.3 is 6.09 Å². The van der Waals surface area contributed by atoms with Crippen molar-refractivity contribution in [3.05, 3.63) is 11.6 Å². The number of fused-ring (bicyclic) bond motifs is 5. The van der Waals surface area contributed by atoms with Gasteiger partial charge in [0.05, 0.1) is 6.10 Å². The van der Waals surface area contributed by atoms with E-state index in [0.29, 0.717) is 24.4 Å². The first kappa shape index (κ1) is 32.8. The van der Waals surface area contributed by atoms with Crippen molar-refractivity contribution in [2.24, 2.45) is 40.4 Å². The molecule has 1 N–H and O–H groups in total. The highest BCUT2D eigenvalue weighted by Crippen LogP contribution is 2.66. The zero-order valence-electron chi connectivity index (χ0n) is 28.1. The van der Waals surface area contributed by atoms with Crippen molar-refractivity contribution in [3.63, 3.8) is 0 Å². The molecule has 0 radical (unpaired) electrons. The maximum absolute atomic E-state index is 12.7. The number of methoxy groups -OCH3 is 1. The van der Waals surface area contributed by atoms with Crippen LogP contribution in [0.1, 0.15) is 130 Å². The van der Waals surface area contributed by atoms with E-state index in [9.17, 15) is 9.59 Å². The Balaban J connectivity index is 1.10. The van der Waals surface area contributed by atoms with Crippen LogP contribution in [0.5, 0.6) is 0 Å². The summed E-state index contributed by atoms with van der Waals surface area (Å²) in [7, 11) is 1.71. The van der Waals surface area contributed by atoms with Crippen LogP contribution in [0.4, 0.5) is 4.79 Å². The molecule has 1 heterocycles. The third-order valence-electron chi connectivity index (χ3n) is 13.4. The standard InChI is InChI=1S/C37H62N2O4/c1-6-8-9-10-11-12-13-27-15-17-31-30-16-14-28-22-29(18-20-37(28,4)32(30)19-21-36(27,31)3)43-35(41)38-23-34(40)39-24-26(7-2)33(25-39)42-5/h14,26-27,29-33H,6-13,15-25H2,1-5H3,(H,38,41)/t26-,27-,29?,30?,31?,32?,33+,36+,37-/m0/s1. The second-order valence-corrected chi connectivity index (χ2v) is 15.5. The monoisotopic (exact) mass is 598 g/mol. The Morgan fingerprint density at radius 1 is 0.977 bits per heavy atom. The molecule has 5 aliphatic rings. The number of likely N-dealkylation sites (tertiary alicyclic amines) is 1. The second kappa shape index (κ2) is 14.3. The highest BCUT2D eigenvalue weighted by molar-refractivity contribution is 5.82. The molecule has 244 valence electrons. The zero-order valence-corrected chi connectivity index (χ0v) is 28.1. The van der Waals surface area contributed by atoms with Gasteiger partial charge in [0.25, 0.3) is 0 Å². The van der Waals surface area contributed by atoms with Gasteiger partial charge in [-0.25, -0.2) is 4.79 Å². The smallest absolute Gasteiger partial charge is 0.407 e. The molecule has 1 saturated heterocycles. The van der Waals surface area contributed by atoms with Crippen LogP contribution < -0.4 is 5.32 Å². The quantitative estimate of drug-likeness (QED) is 0.181. The molecular formula is C37H62N2O4. The zero-order chi connectivity index (χ0) is 30.6. The Bertz CT molecular complexity index is 985. The molecule has 43 heavy (non-hydrogen) atoms. The average molecular weight is 599 g/mol. The lowest BCUT2D eigenvalue weighted by molar-refractivity contribution is -0.129. The van der Waals surface area contributed by atoms with Crippen molar-refractivity contribution < 1.29 is 19.1 Å². The van der Waals surface area contributed by atoms with Gasteiger partial charge in [0.2, 0.25) is 5.91 Å². The molecule has 4 unspecified atom stereocenters. The number of alkyl carbamates (subject to hydrolysis) is 1. The minimum atomic E-state index is -0.457. The lowest BCUT2D eigenvalue weighted by Gasteiger charge is -2.58. The van der Waals surface area contributed by atoms with Gasteiger partial charge in [-0.1, -0.05) is 77.9 Å². The minimum Gasteiger partial charge on any atom is -0.446 e. The van der Waals surface area contributed by atoms with Gasteiger partial charge < -0.3 is 19.7 Å². The first-order valence-corrected chi connectivity index (χ1v) is 18.2. The van der Waals surface area contributed by atoms with Gasteiger partial charge in [-0.3, -0.25) is 4.79 Å². The predicted octanol–water partition coefficient (Wildman–Crippen LogP) is 8.29. The molecule has 6 heteroatoms. The van der Waals surface area contributed by atoms with Crippen molar-refractivity contribution >= 4 is 12.0 Å². The third-order valence-corrected chi connectivity index (χ3v) is 13.4. The fraction of sp³-hybridized carbons (Fsp3) is 0.892. The molecule has 9 atom stereocenters. The molecule has 0 spiro atoms. The Morgan fingerprint density at radius 2 is 1.77 bits per heavy atom. The summed E-state index contributed by atoms with van der Waals surface area (Å²) in [4.78, 5) is 27.3. The van der Waals surface area contributed by atoms with E-state index in [1.54, 1.807) is 7.11 Å². The number of hydrogen-bond donors (Lipinski definition) is 1. The largest absolute Gasteiger partial charge is 0.446 e. The van der Waals surface area contributed by atoms with E-state index in [-0.39, 0.29) is 30.1 Å². The number of carbonyl (C=O) groups excluding carboxylic acids is 2. The minimum absolute atomic E-state index is 0.0113. The SMILES string of the molecule is CCCCCCCC[C@H]1CCC2C3CC=C4CC(OC(=O)NCC(=O)N5C[C@H](CC)[C@H](OC)C5)CC[C@]4(C)C3CC[C@@]21C. The molecule has 0 aromatic rings. The van der Waals surface area contributed by atoms with Crippen molar-refractivity contribution in [3.8, 4) is 0 Å². The average Bonchev–Trinajstić information content (AvgIpc) is 3.58. The maximum Gasteiger partial charge on any atom is 0.407 e. The molecule has 6 nitrogen and oxygen atoms in total. The molecular weight excluding hydrogens is 536 g/mol. The Morgan fingerprint density at radius 3 is 2.51 bits per heavy atom. The molecule has 2 amide bonds. The van der Waals surface area contributed by atoms with Crippen LogP contribution in [0.2, 0.25) is 0 Å². The first-order valence-electron chi connectivity index (χ1n) is 18.2. The number of nitrogens with one attached hydrogen (secondary N) is 1. The third kappa shape index (κ3) is 6.84. The van der Waals surface area contributed by atoms with Crippen LogP contribution in [0.25, 0.3) is 0 Å². The molecule has 1 aliphatic heterocycles. The van der Waals surface area contributed by atoms with E-state index < -0.39 is 6.09 Å². The topological polar surface area (TPSA) is 67.9 Å². The highest BCUT2D eigenvalue weighted by Gasteiger charge is 2.58. The molecule has 5 rings (SSSR count). The van der Waals surface area contributed by atoms with Crippen molar-refractivity contribution in [1.29, 1.82) is 0 Å². The normalized spacial score (nSPS) is 38.6. The van der Waals surface area contributed by atoms with Gasteiger partial charge in [-0.15, -0.1) is 0 Å². The van der Waals surface area contributed by atoms with E-state index >= 15 is 0 Å². The second-order valence-electron chi connectivity index (χ2n) is 15.5. The number of rotatable bonds is 12. The van der Waals surface area contributed by atoms with Crippen LogP contribution >= 0.6 is 0 Å². The van der Waals surface area contributed by atoms with Crippen LogP contribution in [0, 0.1) is 40.4 Å². The predicted molar refractivity (Wildman–Crippen MR) is 173 cm³/mol. The molecule has 0 bridgehead atoms. The molecule has 0 aromatic heterocycles. The molecule has 4 aliphatic carbocycles. The Kier molecular flexibility index (Phi) is 10.9. The Labute approximate surface area is 262 Å². The van der Waals surface area contributed by atoms with Crippen LogP contribution in [0.15, 0.2) is 11.6 Å². The Hall–Kier alpha value is -1.56. The number of unbranched alkanes of at least 4 members (excludes halogenated alkanes) is 5. The summed E-state index contributed by atoms with van der Waals surface area (Å²) in [5, 5.41) is 2.75. The van der Waals surface area contributed by atoms with Gasteiger partial charge in [0.1, 0.15) is 12.6 Å². The lowest BCUT2D eigenvalue weighted by atomic mass is 9.47. The fourth-order valence-corrected chi connectivity index (χ4v) is 10.6. The van der Waals surface area contributed by atoms with E-state index in [4.69, 9.17) is 9.47 Å². The molecule has 0 aromatic carbocycles. The summed E-state index contributed by atoms with van der Waals surface area (Å²) in [5.41, 5.74) is 2.32. The first-order chi connectivity index (χ1) is 20.7. The maximum atomic E-state index is 12.7. The number of ether oxygens (including phenoxy) is 2. The van der Waals surface area contributed by atoms with Crippen molar-refractivity contribution in [1.82, 2.24) is 10.2 Å². The summed E-state index contributed by atoms with van der Waals surface area (Å²) < 4.78 is 11.5. The van der Waals surface area contributed by atoms with Crippen molar-refractivity contribution in [2.75, 3.05) is 26.7 Å². The van der Waals surface area contributed by atoms with Crippen LogP contribution in [-0.2, 0) is 14.3 Å². The summed E-state index contributed by atoms with van der Waals surface area (Å²) in [6.07, 6.45) is 22.7. The van der Waals surface area contributed by atoms with Crippen molar-refractivity contribution in [2.45, 2.75) is 143 Å². The summed E-state index contributed by atoms with van der Waals surface area (Å²) in [6.45, 7) is 10.9. The summed E-state index contributed by atoms with van der Waals surface area (Å²) >= 11 is 0. The number of hydrogen-bond acceptors (Lipinski definition) is 4. The van der Waals surface area contributed by atoms with Crippen LogP contribution in [0.3, 0.4) is 0 Å². The van der Waals surface area contributed by atoms with Crippen LogP contribution in [-0.4, -0.2) is 55.9 Å². The van der Waals surface area contributed by atoms with E-state index in [1.165, 1.54) is 82.6 Å². The highest BCUT2D eigenvalue weighted by atomic mass is 16.6. The van der Waals surface area contributed by atoms with E-state index in [1.807, 2.05) is 4.90 Å². The van der Waals surface area contributed by atoms with Gasteiger partial charge in [0.15, 0.2) is 0 Å². The molecule has 3 saturated carbocycles. The number of nitrogens with zero attached hydrogens (tertiary/aromatic N) is 1. The summed E-state index contributed by atoms with van der Waals surface area (Å²) in [5.74, 6) is 3.71.